The molecule has 4 nitrogen and oxygen atoms in total. The summed E-state index contributed by atoms with van der Waals surface area (Å²) >= 11 is -6.10. The van der Waals surface area contributed by atoms with Crippen molar-refractivity contribution in [2.24, 2.45) is 0 Å². The Morgan fingerprint density at radius 1 is 0.889 bits per heavy atom. The maximum atomic E-state index is 8.64. The van der Waals surface area contributed by atoms with Crippen LogP contribution in [0.4, 0.5) is 4.70 Å². The monoisotopic (exact) mass is 321 g/mol. The molecule has 9 heavy (non-hydrogen) atoms. The average molecular weight is 322 g/mol. The molecule has 0 fully saturated rings. The van der Waals surface area contributed by atoms with Crippen LogP contribution in [0.15, 0.2) is 0 Å². The van der Waals surface area contributed by atoms with Crippen molar-refractivity contribution in [1.82, 2.24) is 0 Å². The fourth-order valence-corrected chi connectivity index (χ4v) is 0. The number of hydrogen-bond acceptors (Lipinski definition) is 4. The van der Waals surface area contributed by atoms with Gasteiger partial charge in [-0.15, -0.1) is 0 Å². The first-order valence-electron chi connectivity index (χ1n) is 0.730. The van der Waals surface area contributed by atoms with Gasteiger partial charge in [0.2, 0.25) is 0 Å². The van der Waals surface area contributed by atoms with E-state index in [1.807, 2.05) is 0 Å². The normalized spacial score (nSPS) is 6.56. The van der Waals surface area contributed by atoms with Crippen molar-refractivity contribution in [3.8, 4) is 0 Å². The van der Waals surface area contributed by atoms with Crippen molar-refractivity contribution < 1.29 is 172 Å². The fourth-order valence-electron chi connectivity index (χ4n) is 0. The zero-order valence-electron chi connectivity index (χ0n) is 5.46. The van der Waals surface area contributed by atoms with E-state index in [0.29, 0.717) is 0 Å². The van der Waals surface area contributed by atoms with Crippen LogP contribution < -0.4 is 164 Å². The molecule has 0 rings (SSSR count). The van der Waals surface area contributed by atoms with Crippen molar-refractivity contribution in [3.05, 3.63) is 0 Å². The zero-order chi connectivity index (χ0) is 4.50. The zero-order valence-corrected chi connectivity index (χ0v) is 17.4. The first-order valence-corrected chi connectivity index (χ1v) is 4.90. The molecule has 1 radical (unpaired) electrons. The Balaban J connectivity index is -0.0000000133. The molecule has 0 aromatic carbocycles. The summed E-state index contributed by atoms with van der Waals surface area (Å²) in [6.07, 6.45) is 0. The summed E-state index contributed by atoms with van der Waals surface area (Å²) in [6.45, 7) is 0. The molecule has 0 N–H and O–H groups in total. The van der Waals surface area contributed by atoms with Gasteiger partial charge in [-0.2, -0.15) is 0 Å². The third-order valence-corrected chi connectivity index (χ3v) is 0. The quantitative estimate of drug-likeness (QED) is 0.415. The molecule has 0 saturated carbocycles. The molecule has 0 aliphatic heterocycles. The molecule has 0 amide bonds. The van der Waals surface area contributed by atoms with Crippen LogP contribution in [0.2, 0.25) is 0 Å². The second kappa shape index (κ2) is 15.8. The molecule has 0 aromatic heterocycles. The minimum atomic E-state index is -6.10. The Morgan fingerprint density at radius 3 is 0.889 bits per heavy atom. The molecule has 9 heteroatoms. The molecule has 0 heterocycles. The molecule has 0 aliphatic rings. The molecular formula is FK3O4Sb. The second-order valence-electron chi connectivity index (χ2n) is 0.447. The summed E-state index contributed by atoms with van der Waals surface area (Å²) in [7, 11) is 0. The molecule has 0 aromatic rings. The van der Waals surface area contributed by atoms with E-state index < -0.39 is 20.1 Å². The maximum absolute atomic E-state index is 8.64. The molecule has 0 spiro atoms. The van der Waals surface area contributed by atoms with Gasteiger partial charge < -0.3 is 0 Å². The van der Waals surface area contributed by atoms with Gasteiger partial charge in [-0.25, -0.2) is 0 Å². The van der Waals surface area contributed by atoms with Crippen LogP contribution >= 0.6 is 0 Å². The Labute approximate surface area is 185 Å². The summed E-state index contributed by atoms with van der Waals surface area (Å²) in [4.78, 5) is 0. The summed E-state index contributed by atoms with van der Waals surface area (Å²) in [6, 6.07) is 0. The van der Waals surface area contributed by atoms with Crippen LogP contribution in [-0.4, -0.2) is 20.1 Å². The van der Waals surface area contributed by atoms with Gasteiger partial charge in [0.15, 0.2) is 0 Å². The molecule has 0 atom stereocenters. The van der Waals surface area contributed by atoms with Crippen LogP contribution in [0, 0.1) is 0 Å². The predicted molar refractivity (Wildman–Crippen MR) is 7.55 cm³/mol. The van der Waals surface area contributed by atoms with Crippen molar-refractivity contribution in [2.45, 2.75) is 0 Å². The summed E-state index contributed by atoms with van der Waals surface area (Å²) < 4.78 is 34.6. The van der Waals surface area contributed by atoms with Crippen molar-refractivity contribution in [1.29, 1.82) is 0 Å². The SMILES string of the molecule is [F].[K+].[K+].[K+].[O]=[Sb]([O-])([O-])[O-]. The minimum absolute atomic E-state index is 0. The predicted octanol–water partition coefficient (Wildman–Crippen LogP) is -12.6. The molecule has 0 unspecified atom stereocenters. The van der Waals surface area contributed by atoms with Crippen LogP contribution in [0.5, 0.6) is 0 Å². The summed E-state index contributed by atoms with van der Waals surface area (Å²) in [5.41, 5.74) is 0. The van der Waals surface area contributed by atoms with E-state index in [1.54, 1.807) is 0 Å². The van der Waals surface area contributed by atoms with Crippen molar-refractivity contribution in [2.75, 3.05) is 0 Å². The molecule has 0 bridgehead atoms. The van der Waals surface area contributed by atoms with Gasteiger partial charge in [0, 0.05) is 4.70 Å². The van der Waals surface area contributed by atoms with Gasteiger partial charge >= 0.3 is 187 Å². The molecule has 0 aliphatic carbocycles. The standard InChI is InChI=1S/F.3K.4O.Sb/q;3*+1;;3*-1;. The van der Waals surface area contributed by atoms with Crippen LogP contribution in [-0.2, 0) is 3.02 Å². The Morgan fingerprint density at radius 2 is 0.889 bits per heavy atom. The summed E-state index contributed by atoms with van der Waals surface area (Å²) in [5, 5.41) is 0. The van der Waals surface area contributed by atoms with Gasteiger partial charge in [-0.05, 0) is 0 Å². The Bertz CT molecular complexity index is 61.9. The Kier molecular flexibility index (Phi) is 51.3. The van der Waals surface area contributed by atoms with E-state index in [-0.39, 0.29) is 159 Å². The topological polar surface area (TPSA) is 86.2 Å². The van der Waals surface area contributed by atoms with Crippen molar-refractivity contribution >= 4 is 20.1 Å². The third kappa shape index (κ3) is 60.2. The summed E-state index contributed by atoms with van der Waals surface area (Å²) in [5.74, 6) is 0. The van der Waals surface area contributed by atoms with Gasteiger partial charge in [0.05, 0.1) is 0 Å². The van der Waals surface area contributed by atoms with Gasteiger partial charge in [-0.1, -0.05) is 0 Å². The second-order valence-corrected chi connectivity index (χ2v) is 3.00. The van der Waals surface area contributed by atoms with E-state index in [2.05, 4.69) is 0 Å². The van der Waals surface area contributed by atoms with Crippen LogP contribution in [0.1, 0.15) is 0 Å². The molecule has 0 saturated heterocycles. The van der Waals surface area contributed by atoms with E-state index in [1.165, 1.54) is 0 Å². The first kappa shape index (κ1) is 29.3. The van der Waals surface area contributed by atoms with E-state index in [0.717, 1.165) is 0 Å². The van der Waals surface area contributed by atoms with Crippen LogP contribution in [0.25, 0.3) is 0 Å². The molecular weight excluding hydrogens is 322 g/mol. The van der Waals surface area contributed by atoms with E-state index in [9.17, 15) is 0 Å². The van der Waals surface area contributed by atoms with E-state index in [4.69, 9.17) is 13.2 Å². The average Bonchev–Trinajstić information content (AvgIpc) is 0.722. The van der Waals surface area contributed by atoms with Gasteiger partial charge in [-0.3, -0.25) is 0 Å². The molecule has 39 valence electrons. The van der Waals surface area contributed by atoms with Crippen molar-refractivity contribution in [3.63, 3.8) is 0 Å². The number of hydrogen-bond donors (Lipinski definition) is 0. The van der Waals surface area contributed by atoms with Gasteiger partial charge in [0.25, 0.3) is 0 Å². The van der Waals surface area contributed by atoms with Gasteiger partial charge in [0.1, 0.15) is 0 Å². The third-order valence-electron chi connectivity index (χ3n) is 0. The van der Waals surface area contributed by atoms with E-state index >= 15 is 0 Å². The Hall–Kier alpha value is 5.34. The first-order chi connectivity index (χ1) is 2.00. The fraction of sp³-hybridized carbons (Fsp3) is 0. The number of halogens is 1. The number of rotatable bonds is 0. The van der Waals surface area contributed by atoms with Crippen LogP contribution in [0.3, 0.4) is 0 Å².